The number of carbonyl (C=O) groups is 1. The van der Waals surface area contributed by atoms with Gasteiger partial charge >= 0.3 is 5.69 Å². The molecule has 1 unspecified atom stereocenters. The SMILES string of the molecule is CCCC(COc1ccc(F)c(C(N)=O)c1F)Nc1ccc([N+](=O)[O-])c2nonc12. The monoisotopic (exact) mass is 421 g/mol. The quantitative estimate of drug-likeness (QED) is 0.396. The number of carbonyl (C=O) groups excluding carboxylic acids is 1. The van der Waals surface area contributed by atoms with E-state index in [1.165, 1.54) is 12.1 Å². The molecule has 3 rings (SSSR count). The number of aromatic nitrogens is 2. The van der Waals surface area contributed by atoms with E-state index in [4.69, 9.17) is 10.5 Å². The third kappa shape index (κ3) is 4.11. The minimum absolute atomic E-state index is 0.0168. The van der Waals surface area contributed by atoms with Crippen molar-refractivity contribution in [3.63, 3.8) is 0 Å². The van der Waals surface area contributed by atoms with Crippen LogP contribution in [0.2, 0.25) is 0 Å². The normalized spacial score (nSPS) is 12.0. The van der Waals surface area contributed by atoms with Crippen LogP contribution in [0.3, 0.4) is 0 Å². The van der Waals surface area contributed by atoms with E-state index in [1.54, 1.807) is 0 Å². The van der Waals surface area contributed by atoms with Gasteiger partial charge in [0.05, 0.1) is 16.7 Å². The van der Waals surface area contributed by atoms with Crippen LogP contribution in [0.1, 0.15) is 30.1 Å². The summed E-state index contributed by atoms with van der Waals surface area (Å²) in [6.45, 7) is 1.86. The van der Waals surface area contributed by atoms with Crippen molar-refractivity contribution >= 4 is 28.3 Å². The van der Waals surface area contributed by atoms with E-state index in [1.807, 2.05) is 6.92 Å². The summed E-state index contributed by atoms with van der Waals surface area (Å²) in [5.74, 6) is -3.84. The molecule has 0 saturated heterocycles. The van der Waals surface area contributed by atoms with Gasteiger partial charge in [-0.15, -0.1) is 0 Å². The van der Waals surface area contributed by atoms with Crippen molar-refractivity contribution in [2.75, 3.05) is 11.9 Å². The first-order chi connectivity index (χ1) is 14.3. The number of fused-ring (bicyclic) bond motifs is 1. The number of nitrogens with one attached hydrogen (secondary N) is 1. The average Bonchev–Trinajstić information content (AvgIpc) is 3.17. The lowest BCUT2D eigenvalue weighted by atomic mass is 10.1. The molecule has 30 heavy (non-hydrogen) atoms. The number of hydrogen-bond acceptors (Lipinski definition) is 8. The number of halogens is 2. The van der Waals surface area contributed by atoms with Gasteiger partial charge in [-0.1, -0.05) is 13.3 Å². The van der Waals surface area contributed by atoms with E-state index in [0.717, 1.165) is 18.6 Å². The van der Waals surface area contributed by atoms with Gasteiger partial charge in [0.15, 0.2) is 17.1 Å². The Hall–Kier alpha value is -3.83. The van der Waals surface area contributed by atoms with Crippen LogP contribution in [-0.4, -0.2) is 33.8 Å². The summed E-state index contributed by atoms with van der Waals surface area (Å²) in [7, 11) is 0. The number of nitro benzene ring substituents is 1. The van der Waals surface area contributed by atoms with Gasteiger partial charge in [0, 0.05) is 6.07 Å². The predicted octanol–water partition coefficient (Wildman–Crippen LogP) is 3.17. The topological polar surface area (TPSA) is 146 Å². The summed E-state index contributed by atoms with van der Waals surface area (Å²) in [6, 6.07) is 4.29. The van der Waals surface area contributed by atoms with Crippen molar-refractivity contribution in [1.82, 2.24) is 10.3 Å². The van der Waals surface area contributed by atoms with Gasteiger partial charge in [0.2, 0.25) is 5.52 Å². The number of nitrogens with two attached hydrogens (primary N) is 1. The number of primary amides is 1. The smallest absolute Gasteiger partial charge is 0.300 e. The zero-order valence-electron chi connectivity index (χ0n) is 15.7. The first kappa shape index (κ1) is 20.9. The summed E-state index contributed by atoms with van der Waals surface area (Å²) >= 11 is 0. The molecule has 10 nitrogen and oxygen atoms in total. The highest BCUT2D eigenvalue weighted by atomic mass is 19.1. The Bertz CT molecular complexity index is 1100. The Morgan fingerprint density at radius 3 is 2.70 bits per heavy atom. The van der Waals surface area contributed by atoms with Crippen LogP contribution < -0.4 is 15.8 Å². The molecule has 3 N–H and O–H groups in total. The average molecular weight is 421 g/mol. The highest BCUT2D eigenvalue weighted by Crippen LogP contribution is 2.30. The molecule has 3 aromatic rings. The predicted molar refractivity (Wildman–Crippen MR) is 101 cm³/mol. The van der Waals surface area contributed by atoms with Crippen molar-refractivity contribution in [3.8, 4) is 5.75 Å². The second kappa shape index (κ2) is 8.68. The number of benzene rings is 2. The van der Waals surface area contributed by atoms with Crippen LogP contribution in [0.15, 0.2) is 28.9 Å². The fraction of sp³-hybridized carbons (Fsp3) is 0.278. The molecule has 1 aromatic heterocycles. The van der Waals surface area contributed by atoms with Gasteiger partial charge in [-0.05, 0) is 34.9 Å². The molecule has 0 radical (unpaired) electrons. The Morgan fingerprint density at radius 2 is 2.03 bits per heavy atom. The van der Waals surface area contributed by atoms with Crippen LogP contribution >= 0.6 is 0 Å². The second-order valence-corrected chi connectivity index (χ2v) is 6.39. The molecular formula is C18H17F2N5O5. The number of hydrogen-bond donors (Lipinski definition) is 2. The number of anilines is 1. The first-order valence-corrected chi connectivity index (χ1v) is 8.90. The summed E-state index contributed by atoms with van der Waals surface area (Å²) < 4.78 is 38.0. The number of rotatable bonds is 9. The number of amides is 1. The minimum Gasteiger partial charge on any atom is -0.488 e. The molecule has 1 amide bonds. The van der Waals surface area contributed by atoms with E-state index in [2.05, 4.69) is 20.3 Å². The Labute approximate surface area is 168 Å². The highest BCUT2D eigenvalue weighted by Gasteiger charge is 2.23. The van der Waals surface area contributed by atoms with Gasteiger partial charge < -0.3 is 15.8 Å². The second-order valence-electron chi connectivity index (χ2n) is 6.39. The maximum Gasteiger partial charge on any atom is 0.300 e. The number of ether oxygens (including phenoxy) is 1. The van der Waals surface area contributed by atoms with E-state index in [9.17, 15) is 23.7 Å². The molecule has 0 aliphatic rings. The van der Waals surface area contributed by atoms with Crippen LogP contribution in [0.25, 0.3) is 11.0 Å². The molecule has 0 spiro atoms. The third-order valence-electron chi connectivity index (χ3n) is 4.33. The van der Waals surface area contributed by atoms with Crippen LogP contribution in [0.5, 0.6) is 5.75 Å². The van der Waals surface area contributed by atoms with Gasteiger partial charge in [-0.3, -0.25) is 14.9 Å². The molecular weight excluding hydrogens is 404 g/mol. The Balaban J connectivity index is 1.82. The van der Waals surface area contributed by atoms with Gasteiger partial charge in [-0.2, -0.15) is 0 Å². The van der Waals surface area contributed by atoms with E-state index in [-0.39, 0.29) is 35.1 Å². The summed E-state index contributed by atoms with van der Waals surface area (Å²) in [4.78, 5) is 21.8. The molecule has 2 aromatic carbocycles. The third-order valence-corrected chi connectivity index (χ3v) is 4.33. The molecule has 0 fully saturated rings. The van der Waals surface area contributed by atoms with Crippen LogP contribution in [-0.2, 0) is 0 Å². The maximum absolute atomic E-state index is 14.4. The fourth-order valence-electron chi connectivity index (χ4n) is 2.94. The standard InChI is InChI=1S/C18H17F2N5O5/c1-2-3-9(8-29-13-7-4-10(19)14(15(13)20)18(21)26)22-11-5-6-12(25(27)28)17-16(11)23-30-24-17/h4-7,9,22H,2-3,8H2,1H3,(H2,21,26). The van der Waals surface area contributed by atoms with Crippen molar-refractivity contribution in [1.29, 1.82) is 0 Å². The van der Waals surface area contributed by atoms with Crippen LogP contribution in [0.4, 0.5) is 20.2 Å². The zero-order valence-corrected chi connectivity index (χ0v) is 15.7. The number of non-ortho nitro benzene ring substituents is 1. The van der Waals surface area contributed by atoms with E-state index < -0.39 is 28.0 Å². The maximum atomic E-state index is 14.4. The lowest BCUT2D eigenvalue weighted by Gasteiger charge is -2.20. The minimum atomic E-state index is -1.24. The molecule has 1 heterocycles. The van der Waals surface area contributed by atoms with Crippen molar-refractivity contribution < 1.29 is 27.9 Å². The molecule has 0 saturated carbocycles. The van der Waals surface area contributed by atoms with E-state index in [0.29, 0.717) is 12.1 Å². The molecule has 0 bridgehead atoms. The van der Waals surface area contributed by atoms with Gasteiger partial charge in [0.1, 0.15) is 18.0 Å². The summed E-state index contributed by atoms with van der Waals surface area (Å²) in [6.07, 6.45) is 1.31. The van der Waals surface area contributed by atoms with E-state index >= 15 is 0 Å². The lowest BCUT2D eigenvalue weighted by Crippen LogP contribution is -2.27. The molecule has 12 heteroatoms. The highest BCUT2D eigenvalue weighted by molar-refractivity contribution is 5.94. The molecule has 0 aliphatic carbocycles. The van der Waals surface area contributed by atoms with Gasteiger partial charge in [-0.25, -0.2) is 13.4 Å². The van der Waals surface area contributed by atoms with Crippen molar-refractivity contribution in [2.45, 2.75) is 25.8 Å². The van der Waals surface area contributed by atoms with Crippen molar-refractivity contribution in [2.24, 2.45) is 5.73 Å². The molecule has 1 atom stereocenters. The largest absolute Gasteiger partial charge is 0.488 e. The zero-order chi connectivity index (χ0) is 21.8. The summed E-state index contributed by atoms with van der Waals surface area (Å²) in [5.41, 5.74) is 4.43. The molecule has 0 aliphatic heterocycles. The number of nitrogens with zero attached hydrogens (tertiary/aromatic N) is 3. The molecule has 158 valence electrons. The van der Waals surface area contributed by atoms with Crippen molar-refractivity contribution in [3.05, 3.63) is 51.6 Å². The van der Waals surface area contributed by atoms with Gasteiger partial charge in [0.25, 0.3) is 5.91 Å². The van der Waals surface area contributed by atoms with Crippen LogP contribution in [0, 0.1) is 21.7 Å². The Morgan fingerprint density at radius 1 is 1.30 bits per heavy atom. The number of nitro groups is 1. The summed E-state index contributed by atoms with van der Waals surface area (Å²) in [5, 5.41) is 21.5. The Kier molecular flexibility index (Phi) is 6.04. The fourth-order valence-corrected chi connectivity index (χ4v) is 2.94. The lowest BCUT2D eigenvalue weighted by molar-refractivity contribution is -0.383. The first-order valence-electron chi connectivity index (χ1n) is 8.90.